The van der Waals surface area contributed by atoms with Gasteiger partial charge in [0.05, 0.1) is 29.6 Å². The summed E-state index contributed by atoms with van der Waals surface area (Å²) in [6.45, 7) is 4.56. The van der Waals surface area contributed by atoms with Crippen LogP contribution in [-0.2, 0) is 9.53 Å². The number of fused-ring (bicyclic) bond motifs is 2. The van der Waals surface area contributed by atoms with Crippen molar-refractivity contribution in [2.24, 2.45) is 23.5 Å². The minimum absolute atomic E-state index is 0.0370. The fourth-order valence-corrected chi connectivity index (χ4v) is 6.71. The normalized spacial score (nSPS) is 34.6. The molecule has 0 radical (unpaired) electrons. The number of hydrogen-bond donors (Lipinski definition) is 1. The molecule has 7 nitrogen and oxygen atoms in total. The Labute approximate surface area is 189 Å². The maximum Gasteiger partial charge on any atom is 0.235 e. The van der Waals surface area contributed by atoms with Crippen molar-refractivity contribution in [3.63, 3.8) is 0 Å². The molecule has 1 unspecified atom stereocenters. The predicted octanol–water partition coefficient (Wildman–Crippen LogP) is 2.87. The predicted molar refractivity (Wildman–Crippen MR) is 120 cm³/mol. The molecule has 4 fully saturated rings. The van der Waals surface area contributed by atoms with Gasteiger partial charge in [0.15, 0.2) is 0 Å². The van der Waals surface area contributed by atoms with E-state index in [2.05, 4.69) is 26.7 Å². The Kier molecular flexibility index (Phi) is 6.10. The van der Waals surface area contributed by atoms with Gasteiger partial charge in [-0.05, 0) is 69.6 Å². The summed E-state index contributed by atoms with van der Waals surface area (Å²) in [5.41, 5.74) is 5.85. The van der Waals surface area contributed by atoms with Crippen LogP contribution >= 0.6 is 11.6 Å². The minimum Gasteiger partial charge on any atom is -0.376 e. The van der Waals surface area contributed by atoms with Gasteiger partial charge in [-0.3, -0.25) is 9.69 Å². The molecule has 4 heterocycles. The molecule has 3 saturated heterocycles. The van der Waals surface area contributed by atoms with Gasteiger partial charge >= 0.3 is 0 Å². The van der Waals surface area contributed by atoms with Crippen LogP contribution in [0.4, 0.5) is 5.95 Å². The van der Waals surface area contributed by atoms with Crippen molar-refractivity contribution in [3.8, 4) is 0 Å². The van der Waals surface area contributed by atoms with Crippen LogP contribution in [0.2, 0.25) is 5.02 Å². The number of nitrogens with zero attached hydrogens (tertiary/aromatic N) is 4. The van der Waals surface area contributed by atoms with Crippen molar-refractivity contribution >= 4 is 23.5 Å². The molecule has 8 heteroatoms. The molecule has 1 aromatic rings. The highest BCUT2D eigenvalue weighted by Gasteiger charge is 2.51. The average molecular weight is 448 g/mol. The van der Waals surface area contributed by atoms with Gasteiger partial charge in [0.2, 0.25) is 11.9 Å². The first-order valence-electron chi connectivity index (χ1n) is 12.0. The number of carbonyl (C=O) groups excluding carboxylic acids is 1. The first-order valence-corrected chi connectivity index (χ1v) is 12.3. The highest BCUT2D eigenvalue weighted by atomic mass is 35.5. The number of primary amides is 1. The lowest BCUT2D eigenvalue weighted by molar-refractivity contribution is -0.127. The molecule has 31 heavy (non-hydrogen) atoms. The second-order valence-corrected chi connectivity index (χ2v) is 10.3. The molecule has 2 N–H and O–H groups in total. The SMILES string of the molecule is CCO[C@@H]1CN(c2ncc(Cl)cn2)CC[C@@H]1C1C[C@H]2CC[C@@H](C1)N2[C@@H](C(N)=O)C1CC1. The number of halogens is 1. The third kappa shape index (κ3) is 4.29. The van der Waals surface area contributed by atoms with E-state index in [9.17, 15) is 4.79 Å². The number of carbonyl (C=O) groups is 1. The molecular weight excluding hydrogens is 414 g/mol. The smallest absolute Gasteiger partial charge is 0.235 e. The topological polar surface area (TPSA) is 84.6 Å². The molecule has 6 atom stereocenters. The lowest BCUT2D eigenvalue weighted by atomic mass is 9.74. The number of amides is 1. The highest BCUT2D eigenvalue weighted by Crippen LogP contribution is 2.48. The number of rotatable bonds is 7. The molecule has 4 aliphatic rings. The lowest BCUT2D eigenvalue weighted by Crippen LogP contribution is -2.57. The van der Waals surface area contributed by atoms with Crippen molar-refractivity contribution in [2.45, 2.75) is 76.1 Å². The fourth-order valence-electron chi connectivity index (χ4n) is 6.61. The number of aromatic nitrogens is 2. The summed E-state index contributed by atoms with van der Waals surface area (Å²) in [5.74, 6) is 2.31. The van der Waals surface area contributed by atoms with Gasteiger partial charge in [-0.25, -0.2) is 9.97 Å². The van der Waals surface area contributed by atoms with E-state index < -0.39 is 0 Å². The first kappa shape index (κ1) is 21.4. The van der Waals surface area contributed by atoms with Crippen LogP contribution in [-0.4, -0.2) is 64.7 Å². The van der Waals surface area contributed by atoms with Gasteiger partial charge in [-0.1, -0.05) is 11.6 Å². The summed E-state index contributed by atoms with van der Waals surface area (Å²) < 4.78 is 6.26. The van der Waals surface area contributed by atoms with Crippen molar-refractivity contribution < 1.29 is 9.53 Å². The van der Waals surface area contributed by atoms with Crippen LogP contribution in [0.3, 0.4) is 0 Å². The zero-order valence-electron chi connectivity index (χ0n) is 18.3. The fraction of sp³-hybridized carbons (Fsp3) is 0.783. The zero-order chi connectivity index (χ0) is 21.5. The molecule has 0 aromatic carbocycles. The summed E-state index contributed by atoms with van der Waals surface area (Å²) >= 11 is 5.96. The van der Waals surface area contributed by atoms with Crippen molar-refractivity contribution in [1.82, 2.24) is 14.9 Å². The van der Waals surface area contributed by atoms with E-state index in [0.29, 0.717) is 41.5 Å². The summed E-state index contributed by atoms with van der Waals surface area (Å²) in [6, 6.07) is 0.966. The van der Waals surface area contributed by atoms with E-state index in [1.54, 1.807) is 12.4 Å². The Balaban J connectivity index is 1.28. The molecule has 170 valence electrons. The molecule has 1 aliphatic carbocycles. The third-order valence-corrected chi connectivity index (χ3v) is 8.19. The molecule has 3 aliphatic heterocycles. The number of piperidine rings is 2. The van der Waals surface area contributed by atoms with E-state index in [0.717, 1.165) is 38.3 Å². The Morgan fingerprint density at radius 2 is 1.87 bits per heavy atom. The van der Waals surface area contributed by atoms with Crippen LogP contribution < -0.4 is 10.6 Å². The standard InChI is InChI=1S/C23H34ClN5O2/c1-2-31-20-13-28(23-26-11-16(24)12-27-23)8-7-19(20)15-9-17-5-6-18(10-15)29(17)21(22(25)30)14-3-4-14/h11-12,14-15,17-21H,2-10,13H2,1H3,(H2,25,30)/t15?,17-,18+,19-,20-,21-/m1/s1. The Morgan fingerprint density at radius 3 is 2.45 bits per heavy atom. The maximum absolute atomic E-state index is 12.2. The van der Waals surface area contributed by atoms with Crippen molar-refractivity contribution in [1.29, 1.82) is 0 Å². The molecule has 2 bridgehead atoms. The number of anilines is 1. The monoisotopic (exact) mass is 447 g/mol. The van der Waals surface area contributed by atoms with Crippen LogP contribution in [0.1, 0.15) is 51.9 Å². The summed E-state index contributed by atoms with van der Waals surface area (Å²) in [6.07, 6.45) is 11.6. The largest absolute Gasteiger partial charge is 0.376 e. The van der Waals surface area contributed by atoms with Crippen molar-refractivity contribution in [2.75, 3.05) is 24.6 Å². The highest BCUT2D eigenvalue weighted by molar-refractivity contribution is 6.30. The second kappa shape index (κ2) is 8.83. The van der Waals surface area contributed by atoms with E-state index >= 15 is 0 Å². The van der Waals surface area contributed by atoms with Gasteiger partial charge in [-0.2, -0.15) is 0 Å². The van der Waals surface area contributed by atoms with E-state index in [-0.39, 0.29) is 18.1 Å². The van der Waals surface area contributed by atoms with Crippen LogP contribution in [0.25, 0.3) is 0 Å². The number of hydrogen-bond acceptors (Lipinski definition) is 6. The van der Waals surface area contributed by atoms with Crippen LogP contribution in [0, 0.1) is 17.8 Å². The summed E-state index contributed by atoms with van der Waals surface area (Å²) in [4.78, 5) is 25.8. The summed E-state index contributed by atoms with van der Waals surface area (Å²) in [5, 5.41) is 0.558. The molecular formula is C23H34ClN5O2. The molecule has 0 spiro atoms. The van der Waals surface area contributed by atoms with Gasteiger partial charge in [0.1, 0.15) is 0 Å². The zero-order valence-corrected chi connectivity index (χ0v) is 19.1. The molecule has 1 amide bonds. The Morgan fingerprint density at radius 1 is 1.19 bits per heavy atom. The van der Waals surface area contributed by atoms with E-state index in [1.807, 2.05) is 0 Å². The maximum atomic E-state index is 12.2. The second-order valence-electron chi connectivity index (χ2n) is 9.84. The third-order valence-electron chi connectivity index (χ3n) is 7.99. The minimum atomic E-state index is -0.110. The van der Waals surface area contributed by atoms with Crippen molar-refractivity contribution in [3.05, 3.63) is 17.4 Å². The van der Waals surface area contributed by atoms with E-state index in [4.69, 9.17) is 22.1 Å². The Bertz CT molecular complexity index is 775. The number of nitrogens with two attached hydrogens (primary N) is 1. The van der Waals surface area contributed by atoms with Crippen LogP contribution in [0.5, 0.6) is 0 Å². The van der Waals surface area contributed by atoms with Gasteiger partial charge in [-0.15, -0.1) is 0 Å². The quantitative estimate of drug-likeness (QED) is 0.691. The van der Waals surface area contributed by atoms with Crippen LogP contribution in [0.15, 0.2) is 12.4 Å². The van der Waals surface area contributed by atoms with Gasteiger partial charge in [0.25, 0.3) is 0 Å². The molecule has 1 saturated carbocycles. The van der Waals surface area contributed by atoms with Gasteiger partial charge in [0, 0.05) is 31.8 Å². The average Bonchev–Trinajstić information content (AvgIpc) is 3.55. The van der Waals surface area contributed by atoms with E-state index in [1.165, 1.54) is 25.7 Å². The number of ether oxygens (including phenoxy) is 1. The Hall–Kier alpha value is -1.44. The first-order chi connectivity index (χ1) is 15.0. The summed E-state index contributed by atoms with van der Waals surface area (Å²) in [7, 11) is 0. The van der Waals surface area contributed by atoms with Gasteiger partial charge < -0.3 is 15.4 Å². The lowest BCUT2D eigenvalue weighted by Gasteiger charge is -2.48. The molecule has 5 rings (SSSR count). The molecule has 1 aromatic heterocycles.